The van der Waals surface area contributed by atoms with Crippen LogP contribution in [0.5, 0.6) is 17.2 Å². The van der Waals surface area contributed by atoms with E-state index in [1.165, 1.54) is 13.8 Å². The summed E-state index contributed by atoms with van der Waals surface area (Å²) in [6.45, 7) is 9.18. The zero-order valence-corrected chi connectivity index (χ0v) is 16.1. The fraction of sp³-hybridized carbons (Fsp3) is 0.412. The van der Waals surface area contributed by atoms with Gasteiger partial charge in [-0.1, -0.05) is 10.4 Å². The second-order valence-electron chi connectivity index (χ2n) is 5.43. The number of benzene rings is 1. The van der Waals surface area contributed by atoms with Crippen molar-refractivity contribution in [2.24, 2.45) is 0 Å². The molecule has 1 heterocycles. The van der Waals surface area contributed by atoms with Crippen molar-refractivity contribution in [2.45, 2.75) is 34.6 Å². The first-order valence-electron chi connectivity index (χ1n) is 8.05. The van der Waals surface area contributed by atoms with Gasteiger partial charge in [-0.3, -0.25) is 9.59 Å². The van der Waals surface area contributed by atoms with E-state index in [2.05, 4.69) is 0 Å². The van der Waals surface area contributed by atoms with Crippen LogP contribution in [0.25, 0.3) is 0 Å². The van der Waals surface area contributed by atoms with Crippen LogP contribution in [0.2, 0.25) is 0 Å². The molecule has 2 amide bonds. The standard InChI is InChI=1S/C17H21NO7S/c1-6-22-14-10(3)8-9-13(15(14)23-7-2)24-25-26(21)18-16(19)11(4)12(5)17(18)20/h8-9H,6-7H2,1-5H3. The van der Waals surface area contributed by atoms with Gasteiger partial charge < -0.3 is 14.4 Å². The average molecular weight is 383 g/mol. The Hall–Kier alpha value is -2.39. The molecule has 0 aliphatic carbocycles. The Bertz CT molecular complexity index is 764. The molecule has 0 aromatic heterocycles. The van der Waals surface area contributed by atoms with Crippen LogP contribution in [0.3, 0.4) is 0 Å². The minimum absolute atomic E-state index is 0.120. The number of carbonyl (C=O) groups is 2. The molecule has 9 heteroatoms. The maximum atomic E-state index is 12.2. The lowest BCUT2D eigenvalue weighted by atomic mass is 10.2. The van der Waals surface area contributed by atoms with E-state index in [4.69, 9.17) is 18.7 Å². The second kappa shape index (κ2) is 8.33. The molecule has 2 rings (SSSR count). The van der Waals surface area contributed by atoms with Crippen LogP contribution < -0.4 is 14.4 Å². The SMILES string of the molecule is CCOc1c(C)ccc(OOS(=O)N2C(=O)C(C)=C(C)C2=O)c1OCC. The molecule has 0 radical (unpaired) electrons. The van der Waals surface area contributed by atoms with Gasteiger partial charge in [0.25, 0.3) is 11.8 Å². The lowest BCUT2D eigenvalue weighted by Crippen LogP contribution is -2.35. The number of hydrogen-bond donors (Lipinski definition) is 0. The van der Waals surface area contributed by atoms with Crippen LogP contribution in [0.15, 0.2) is 23.3 Å². The molecule has 1 aromatic carbocycles. The highest BCUT2D eigenvalue weighted by molar-refractivity contribution is 7.79. The number of aryl methyl sites for hydroxylation is 1. The zero-order chi connectivity index (χ0) is 19.4. The average Bonchev–Trinajstić information content (AvgIpc) is 2.80. The van der Waals surface area contributed by atoms with E-state index in [1.807, 2.05) is 13.8 Å². The Morgan fingerprint density at radius 2 is 1.46 bits per heavy atom. The molecule has 0 bridgehead atoms. The van der Waals surface area contributed by atoms with Crippen LogP contribution in [-0.4, -0.2) is 33.5 Å². The smallest absolute Gasteiger partial charge is 0.314 e. The maximum Gasteiger partial charge on any atom is 0.314 e. The highest BCUT2D eigenvalue weighted by Crippen LogP contribution is 2.40. The zero-order valence-electron chi connectivity index (χ0n) is 15.3. The lowest BCUT2D eigenvalue weighted by molar-refractivity contribution is -0.135. The second-order valence-corrected chi connectivity index (χ2v) is 6.36. The number of ether oxygens (including phenoxy) is 2. The summed E-state index contributed by atoms with van der Waals surface area (Å²) in [5.74, 6) is -0.481. The summed E-state index contributed by atoms with van der Waals surface area (Å²) in [6.07, 6.45) is 0. The molecule has 142 valence electrons. The van der Waals surface area contributed by atoms with E-state index in [1.54, 1.807) is 19.1 Å². The molecule has 0 saturated heterocycles. The van der Waals surface area contributed by atoms with Crippen molar-refractivity contribution in [3.63, 3.8) is 0 Å². The Kier molecular flexibility index (Phi) is 6.38. The van der Waals surface area contributed by atoms with E-state index in [0.717, 1.165) is 5.56 Å². The number of carbonyl (C=O) groups excluding carboxylic acids is 2. The molecule has 1 aliphatic rings. The van der Waals surface area contributed by atoms with Crippen molar-refractivity contribution in [3.05, 3.63) is 28.8 Å². The molecule has 0 spiro atoms. The Balaban J connectivity index is 2.19. The van der Waals surface area contributed by atoms with Crippen LogP contribution in [0.1, 0.15) is 33.3 Å². The molecular formula is C17H21NO7S. The fourth-order valence-corrected chi connectivity index (χ4v) is 3.00. The van der Waals surface area contributed by atoms with Crippen molar-refractivity contribution in [2.75, 3.05) is 13.2 Å². The van der Waals surface area contributed by atoms with Gasteiger partial charge in [-0.25, -0.2) is 4.21 Å². The third-order valence-corrected chi connectivity index (χ3v) is 4.57. The number of rotatable bonds is 8. The summed E-state index contributed by atoms with van der Waals surface area (Å²) < 4.78 is 28.7. The summed E-state index contributed by atoms with van der Waals surface area (Å²) in [4.78, 5) is 29.1. The van der Waals surface area contributed by atoms with Crippen molar-refractivity contribution in [1.29, 1.82) is 0 Å². The van der Waals surface area contributed by atoms with Crippen LogP contribution in [0.4, 0.5) is 0 Å². The van der Waals surface area contributed by atoms with Gasteiger partial charge in [0, 0.05) is 11.1 Å². The molecule has 26 heavy (non-hydrogen) atoms. The highest BCUT2D eigenvalue weighted by atomic mass is 32.2. The largest absolute Gasteiger partial charge is 0.490 e. The molecular weight excluding hydrogens is 362 g/mol. The maximum absolute atomic E-state index is 12.2. The topological polar surface area (TPSA) is 91.4 Å². The minimum Gasteiger partial charge on any atom is -0.490 e. The number of amides is 2. The predicted octanol–water partition coefficient (Wildman–Crippen LogP) is 2.39. The number of hydrogen-bond acceptors (Lipinski definition) is 7. The summed E-state index contributed by atoms with van der Waals surface area (Å²) in [7, 11) is 0. The molecule has 0 fully saturated rings. The Morgan fingerprint density at radius 1 is 0.923 bits per heavy atom. The van der Waals surface area contributed by atoms with Gasteiger partial charge in [-0.15, -0.1) is 0 Å². The predicted molar refractivity (Wildman–Crippen MR) is 93.6 cm³/mol. The lowest BCUT2D eigenvalue weighted by Gasteiger charge is -2.17. The quantitative estimate of drug-likeness (QED) is 0.387. The minimum atomic E-state index is -2.45. The summed E-state index contributed by atoms with van der Waals surface area (Å²) in [5, 5.41) is 0. The van der Waals surface area contributed by atoms with Crippen LogP contribution >= 0.6 is 0 Å². The van der Waals surface area contributed by atoms with E-state index in [-0.39, 0.29) is 22.6 Å². The van der Waals surface area contributed by atoms with E-state index < -0.39 is 23.1 Å². The van der Waals surface area contributed by atoms with Crippen molar-refractivity contribution < 1.29 is 32.5 Å². The third-order valence-electron chi connectivity index (χ3n) is 3.75. The molecule has 0 N–H and O–H groups in total. The number of imide groups is 1. The Labute approximate surface area is 154 Å². The van der Waals surface area contributed by atoms with Gasteiger partial charge in [-0.05, 0) is 46.2 Å². The van der Waals surface area contributed by atoms with Gasteiger partial charge >= 0.3 is 11.3 Å². The molecule has 1 atom stereocenters. The summed E-state index contributed by atoms with van der Waals surface area (Å²) in [5.41, 5.74) is 1.26. The molecule has 8 nitrogen and oxygen atoms in total. The molecule has 1 aliphatic heterocycles. The van der Waals surface area contributed by atoms with E-state index >= 15 is 0 Å². The van der Waals surface area contributed by atoms with E-state index in [0.29, 0.717) is 23.3 Å². The summed E-state index contributed by atoms with van der Waals surface area (Å²) in [6, 6.07) is 3.28. The first-order valence-corrected chi connectivity index (χ1v) is 9.08. The van der Waals surface area contributed by atoms with Gasteiger partial charge in [-0.2, -0.15) is 4.31 Å². The van der Waals surface area contributed by atoms with Crippen LogP contribution in [0, 0.1) is 6.92 Å². The Morgan fingerprint density at radius 3 is 2.00 bits per heavy atom. The van der Waals surface area contributed by atoms with Crippen LogP contribution in [-0.2, 0) is 25.2 Å². The molecule has 0 saturated carbocycles. The van der Waals surface area contributed by atoms with Gasteiger partial charge in [0.15, 0.2) is 5.75 Å². The van der Waals surface area contributed by atoms with Gasteiger partial charge in [0.05, 0.1) is 13.2 Å². The van der Waals surface area contributed by atoms with Crippen molar-refractivity contribution >= 4 is 23.1 Å². The van der Waals surface area contributed by atoms with Gasteiger partial charge in [0.2, 0.25) is 11.5 Å². The highest BCUT2D eigenvalue weighted by Gasteiger charge is 2.39. The summed E-state index contributed by atoms with van der Waals surface area (Å²) >= 11 is -2.45. The number of nitrogens with zero attached hydrogens (tertiary/aromatic N) is 1. The van der Waals surface area contributed by atoms with Gasteiger partial charge in [0.1, 0.15) is 0 Å². The third kappa shape index (κ3) is 3.73. The monoisotopic (exact) mass is 383 g/mol. The van der Waals surface area contributed by atoms with Crippen molar-refractivity contribution in [1.82, 2.24) is 4.31 Å². The normalized spacial score (nSPS) is 15.5. The molecule has 1 unspecified atom stereocenters. The fourth-order valence-electron chi connectivity index (χ4n) is 2.26. The van der Waals surface area contributed by atoms with E-state index in [9.17, 15) is 13.8 Å². The first kappa shape index (κ1) is 19.9. The first-order chi connectivity index (χ1) is 12.3. The molecule has 1 aromatic rings. The van der Waals surface area contributed by atoms with Crippen molar-refractivity contribution in [3.8, 4) is 17.2 Å².